The maximum atomic E-state index is 15.9. The molecule has 1 aliphatic heterocycles. The first-order valence-corrected chi connectivity index (χ1v) is 14.4. The molecule has 1 aliphatic rings. The second-order valence-corrected chi connectivity index (χ2v) is 11.5. The molecule has 2 aromatic carbocycles. The van der Waals surface area contributed by atoms with Crippen molar-refractivity contribution in [1.82, 2.24) is 19.4 Å². The molecular formula is C28H27F2N7O4S. The minimum absolute atomic E-state index is 0.0156. The summed E-state index contributed by atoms with van der Waals surface area (Å²) in [5, 5.41) is 5.62. The number of amides is 1. The summed E-state index contributed by atoms with van der Waals surface area (Å²) in [7, 11) is -4.37. The summed E-state index contributed by atoms with van der Waals surface area (Å²) in [6, 6.07) is 7.03. The zero-order chi connectivity index (χ0) is 30.5. The van der Waals surface area contributed by atoms with Gasteiger partial charge in [0.2, 0.25) is 15.9 Å². The van der Waals surface area contributed by atoms with Crippen LogP contribution in [0.4, 0.5) is 20.3 Å². The molecule has 1 fully saturated rings. The quantitative estimate of drug-likeness (QED) is 0.263. The minimum Gasteiger partial charge on any atom is -0.398 e. The van der Waals surface area contributed by atoms with E-state index in [2.05, 4.69) is 16.5 Å². The number of aryl methyl sites for hydroxylation is 1. The number of hydrogen-bond donors (Lipinski definition) is 2. The summed E-state index contributed by atoms with van der Waals surface area (Å²) in [6.07, 6.45) is 2.44. The molecule has 11 nitrogen and oxygen atoms in total. The van der Waals surface area contributed by atoms with Crippen molar-refractivity contribution in [2.75, 3.05) is 30.3 Å². The standard InChI is InChI=1S/C28H27F2N7O4S/c1-4-24(38)35-10-11-36(15(2)14-35)27-18-12-20(30)17(25-19(29)6-5-7-21(25)31)13-22(18)37(28(39)34-27)26-16(3)33-9-8-23(26)42(32,40)41/h4-9,12-13,15H,1,10-11,14,31H2,2-3H3,(H2,32,40,41)/t15-/m0/s1. The summed E-state index contributed by atoms with van der Waals surface area (Å²) in [4.78, 5) is 37.4. The van der Waals surface area contributed by atoms with E-state index < -0.39 is 32.2 Å². The highest BCUT2D eigenvalue weighted by molar-refractivity contribution is 7.89. The summed E-state index contributed by atoms with van der Waals surface area (Å²) in [5.41, 5.74) is 4.55. The number of sulfonamides is 1. The largest absolute Gasteiger partial charge is 0.398 e. The van der Waals surface area contributed by atoms with E-state index in [0.29, 0.717) is 0 Å². The lowest BCUT2D eigenvalue weighted by Crippen LogP contribution is -2.54. The maximum absolute atomic E-state index is 15.9. The molecule has 0 radical (unpaired) electrons. The van der Waals surface area contributed by atoms with Crippen LogP contribution in [0.1, 0.15) is 12.6 Å². The lowest BCUT2D eigenvalue weighted by atomic mass is 10.00. The number of halogens is 2. The van der Waals surface area contributed by atoms with E-state index in [1.807, 2.05) is 6.92 Å². The smallest absolute Gasteiger partial charge is 0.354 e. The number of nitrogens with zero attached hydrogens (tertiary/aromatic N) is 5. The maximum Gasteiger partial charge on any atom is 0.354 e. The number of aromatic nitrogens is 3. The molecule has 1 saturated heterocycles. The van der Waals surface area contributed by atoms with E-state index in [1.165, 1.54) is 37.4 Å². The van der Waals surface area contributed by atoms with E-state index in [-0.39, 0.29) is 76.5 Å². The van der Waals surface area contributed by atoms with Gasteiger partial charge in [-0.1, -0.05) is 12.6 Å². The van der Waals surface area contributed by atoms with Crippen LogP contribution in [0.3, 0.4) is 0 Å². The molecule has 0 bridgehead atoms. The van der Waals surface area contributed by atoms with Crippen LogP contribution < -0.4 is 21.5 Å². The fourth-order valence-corrected chi connectivity index (χ4v) is 6.08. The van der Waals surface area contributed by atoms with Crippen molar-refractivity contribution in [1.29, 1.82) is 0 Å². The van der Waals surface area contributed by atoms with Crippen LogP contribution in [0.15, 0.2) is 64.9 Å². The molecule has 5 rings (SSSR count). The normalized spacial score (nSPS) is 15.7. The molecule has 1 atom stereocenters. The first kappa shape index (κ1) is 28.8. The molecule has 0 spiro atoms. The zero-order valence-electron chi connectivity index (χ0n) is 22.7. The molecule has 14 heteroatoms. The molecule has 4 N–H and O–H groups in total. The van der Waals surface area contributed by atoms with Crippen molar-refractivity contribution in [2.45, 2.75) is 24.8 Å². The molecule has 0 saturated carbocycles. The van der Waals surface area contributed by atoms with E-state index in [0.717, 1.165) is 22.8 Å². The number of pyridine rings is 1. The average molecular weight is 596 g/mol. The Morgan fingerprint density at radius 2 is 1.90 bits per heavy atom. The topological polar surface area (TPSA) is 158 Å². The van der Waals surface area contributed by atoms with E-state index >= 15 is 4.39 Å². The fraction of sp³-hybridized carbons (Fsp3) is 0.214. The van der Waals surface area contributed by atoms with E-state index in [9.17, 15) is 22.4 Å². The third-order valence-electron chi connectivity index (χ3n) is 7.26. The van der Waals surface area contributed by atoms with Gasteiger partial charge in [-0.3, -0.25) is 14.3 Å². The van der Waals surface area contributed by atoms with Gasteiger partial charge in [0.15, 0.2) is 0 Å². The van der Waals surface area contributed by atoms with Gasteiger partial charge in [-0.05, 0) is 50.3 Å². The summed E-state index contributed by atoms with van der Waals surface area (Å²) in [5.74, 6) is -1.79. The predicted octanol–water partition coefficient (Wildman–Crippen LogP) is 2.49. The van der Waals surface area contributed by atoms with Crippen LogP contribution in [0.2, 0.25) is 0 Å². The Morgan fingerprint density at radius 3 is 2.55 bits per heavy atom. The van der Waals surface area contributed by atoms with E-state index in [1.54, 1.807) is 9.80 Å². The van der Waals surface area contributed by atoms with Crippen LogP contribution in [-0.4, -0.2) is 59.4 Å². The number of hydrogen-bond acceptors (Lipinski definition) is 8. The molecule has 0 unspecified atom stereocenters. The van der Waals surface area contributed by atoms with Gasteiger partial charge in [-0.2, -0.15) is 4.98 Å². The van der Waals surface area contributed by atoms with Crippen molar-refractivity contribution in [2.24, 2.45) is 5.14 Å². The summed E-state index contributed by atoms with van der Waals surface area (Å²) in [6.45, 7) is 7.63. The molecule has 42 heavy (non-hydrogen) atoms. The highest BCUT2D eigenvalue weighted by Crippen LogP contribution is 2.37. The molecule has 0 aliphatic carbocycles. The van der Waals surface area contributed by atoms with Gasteiger partial charge >= 0.3 is 5.69 Å². The Labute approximate surface area is 239 Å². The highest BCUT2D eigenvalue weighted by atomic mass is 32.2. The number of carbonyl (C=O) groups excluding carboxylic acids is 1. The van der Waals surface area contributed by atoms with Crippen molar-refractivity contribution < 1.29 is 22.0 Å². The second-order valence-electron chi connectivity index (χ2n) is 9.93. The number of nitrogen functional groups attached to an aromatic ring is 1. The van der Waals surface area contributed by atoms with Crippen LogP contribution in [0.25, 0.3) is 27.7 Å². The minimum atomic E-state index is -4.37. The van der Waals surface area contributed by atoms with Crippen LogP contribution in [0.5, 0.6) is 0 Å². The first-order valence-electron chi connectivity index (χ1n) is 12.8. The monoisotopic (exact) mass is 595 g/mol. The van der Waals surface area contributed by atoms with Gasteiger partial charge in [-0.25, -0.2) is 27.1 Å². The summed E-state index contributed by atoms with van der Waals surface area (Å²) >= 11 is 0. The van der Waals surface area contributed by atoms with Crippen LogP contribution in [-0.2, 0) is 14.8 Å². The molecule has 4 aromatic rings. The number of benzene rings is 2. The van der Waals surface area contributed by atoms with Crippen molar-refractivity contribution in [3.63, 3.8) is 0 Å². The SMILES string of the molecule is C=CC(=O)N1CCN(c2nc(=O)n(-c3c(S(N)(=O)=O)ccnc3C)c3cc(-c4c(N)cccc4F)c(F)cc23)[C@@H](C)C1. The van der Waals surface area contributed by atoms with Crippen molar-refractivity contribution >= 4 is 38.3 Å². The lowest BCUT2D eigenvalue weighted by Gasteiger charge is -2.40. The third kappa shape index (κ3) is 4.88. The number of fused-ring (bicyclic) bond motifs is 1. The van der Waals surface area contributed by atoms with Gasteiger partial charge in [0.05, 0.1) is 16.9 Å². The fourth-order valence-electron chi connectivity index (χ4n) is 5.32. The first-order chi connectivity index (χ1) is 19.8. The number of anilines is 2. The Morgan fingerprint density at radius 1 is 1.17 bits per heavy atom. The van der Waals surface area contributed by atoms with Gasteiger partial charge in [-0.15, -0.1) is 0 Å². The van der Waals surface area contributed by atoms with Crippen molar-refractivity contribution in [3.8, 4) is 16.8 Å². The third-order valence-corrected chi connectivity index (χ3v) is 8.20. The molecule has 218 valence electrons. The lowest BCUT2D eigenvalue weighted by molar-refractivity contribution is -0.126. The Bertz CT molecular complexity index is 1930. The summed E-state index contributed by atoms with van der Waals surface area (Å²) < 4.78 is 56.9. The second kappa shape index (κ2) is 10.6. The Balaban J connectivity index is 1.86. The number of piperazine rings is 1. The predicted molar refractivity (Wildman–Crippen MR) is 155 cm³/mol. The molecule has 1 amide bonds. The molecule has 3 heterocycles. The zero-order valence-corrected chi connectivity index (χ0v) is 23.5. The van der Waals surface area contributed by atoms with E-state index in [4.69, 9.17) is 10.9 Å². The number of nitrogens with two attached hydrogens (primary N) is 2. The number of rotatable bonds is 5. The van der Waals surface area contributed by atoms with Crippen LogP contribution in [0, 0.1) is 18.6 Å². The molecular weight excluding hydrogens is 568 g/mol. The van der Waals surface area contributed by atoms with Gasteiger partial charge in [0.1, 0.15) is 22.3 Å². The number of primary sulfonamides is 1. The van der Waals surface area contributed by atoms with Gasteiger partial charge < -0.3 is 15.5 Å². The Kier molecular flexibility index (Phi) is 7.28. The van der Waals surface area contributed by atoms with Gasteiger partial charge in [0, 0.05) is 54.1 Å². The number of carbonyl (C=O) groups is 1. The average Bonchev–Trinajstić information content (AvgIpc) is 2.92. The van der Waals surface area contributed by atoms with Crippen molar-refractivity contribution in [3.05, 3.63) is 83.1 Å². The molecule has 2 aromatic heterocycles. The highest BCUT2D eigenvalue weighted by Gasteiger charge is 2.31. The van der Waals surface area contributed by atoms with Gasteiger partial charge in [0.25, 0.3) is 0 Å². The van der Waals surface area contributed by atoms with Crippen LogP contribution >= 0.6 is 0 Å². The Hall–Kier alpha value is -4.69.